The van der Waals surface area contributed by atoms with E-state index < -0.39 is 0 Å². The summed E-state index contributed by atoms with van der Waals surface area (Å²) in [5, 5.41) is 5.20. The Morgan fingerprint density at radius 3 is 2.76 bits per heavy atom. The molecular formula is C29H29ClN2O3S2. The number of nitrogens with zero attached hydrogens (tertiary/aromatic N) is 1. The SMILES string of the molecule is CC(C)(C)[C@@H]1CCc2c(sc(N=Cc3ccc(Sc4ccc(Cl)cc4)o3)c2C(=O)NCc2ccco2)C1. The number of aliphatic imine (C=N–C) groups is 1. The van der Waals surface area contributed by atoms with E-state index in [1.165, 1.54) is 16.6 Å². The van der Waals surface area contributed by atoms with Gasteiger partial charge in [0.25, 0.3) is 5.91 Å². The Morgan fingerprint density at radius 2 is 2.03 bits per heavy atom. The highest BCUT2D eigenvalue weighted by Gasteiger charge is 2.33. The van der Waals surface area contributed by atoms with E-state index in [1.54, 1.807) is 23.8 Å². The van der Waals surface area contributed by atoms with Gasteiger partial charge in [-0.1, -0.05) is 44.1 Å². The van der Waals surface area contributed by atoms with E-state index in [1.807, 2.05) is 48.5 Å². The van der Waals surface area contributed by atoms with Gasteiger partial charge in [-0.15, -0.1) is 11.3 Å². The number of fused-ring (bicyclic) bond motifs is 1. The first-order chi connectivity index (χ1) is 17.8. The molecule has 1 atom stereocenters. The summed E-state index contributed by atoms with van der Waals surface area (Å²) in [6.07, 6.45) is 6.24. The van der Waals surface area contributed by atoms with Crippen molar-refractivity contribution in [1.82, 2.24) is 5.32 Å². The van der Waals surface area contributed by atoms with Gasteiger partial charge in [-0.25, -0.2) is 4.99 Å². The van der Waals surface area contributed by atoms with Crippen LogP contribution < -0.4 is 5.32 Å². The van der Waals surface area contributed by atoms with Crippen LogP contribution in [-0.4, -0.2) is 12.1 Å². The molecular weight excluding hydrogens is 524 g/mol. The molecule has 0 radical (unpaired) electrons. The van der Waals surface area contributed by atoms with E-state index >= 15 is 0 Å². The maximum atomic E-state index is 13.4. The van der Waals surface area contributed by atoms with Crippen molar-refractivity contribution in [3.05, 3.63) is 87.3 Å². The van der Waals surface area contributed by atoms with E-state index in [9.17, 15) is 4.79 Å². The third-order valence-corrected chi connectivity index (χ3v) is 8.99. The van der Waals surface area contributed by atoms with Gasteiger partial charge in [-0.2, -0.15) is 0 Å². The van der Waals surface area contributed by atoms with E-state index in [0.717, 1.165) is 45.6 Å². The lowest BCUT2D eigenvalue weighted by molar-refractivity contribution is 0.0947. The summed E-state index contributed by atoms with van der Waals surface area (Å²) >= 11 is 9.13. The van der Waals surface area contributed by atoms with Gasteiger partial charge in [0, 0.05) is 14.8 Å². The predicted molar refractivity (Wildman–Crippen MR) is 151 cm³/mol. The van der Waals surface area contributed by atoms with Crippen molar-refractivity contribution < 1.29 is 13.6 Å². The Hall–Kier alpha value is -2.74. The van der Waals surface area contributed by atoms with E-state index in [-0.39, 0.29) is 11.3 Å². The second kappa shape index (κ2) is 10.9. The van der Waals surface area contributed by atoms with Crippen LogP contribution in [0.1, 0.15) is 59.5 Å². The van der Waals surface area contributed by atoms with Gasteiger partial charge in [-0.05, 0) is 84.7 Å². The summed E-state index contributed by atoms with van der Waals surface area (Å²) in [7, 11) is 0. The van der Waals surface area contributed by atoms with Crippen molar-refractivity contribution in [1.29, 1.82) is 0 Å². The Bertz CT molecular complexity index is 1400. The zero-order valence-corrected chi connectivity index (χ0v) is 23.4. The number of carbonyl (C=O) groups is 1. The summed E-state index contributed by atoms with van der Waals surface area (Å²) in [5.74, 6) is 1.81. The zero-order chi connectivity index (χ0) is 26.0. The van der Waals surface area contributed by atoms with Crippen molar-refractivity contribution in [3.8, 4) is 0 Å². The monoisotopic (exact) mass is 552 g/mol. The summed E-state index contributed by atoms with van der Waals surface area (Å²) in [6.45, 7) is 7.22. The van der Waals surface area contributed by atoms with Crippen LogP contribution in [0.25, 0.3) is 0 Å². The largest absolute Gasteiger partial charge is 0.467 e. The van der Waals surface area contributed by atoms with E-state index in [4.69, 9.17) is 25.4 Å². The molecule has 5 nitrogen and oxygen atoms in total. The average molecular weight is 553 g/mol. The van der Waals surface area contributed by atoms with Crippen LogP contribution in [0.4, 0.5) is 5.00 Å². The molecule has 3 aromatic heterocycles. The summed E-state index contributed by atoms with van der Waals surface area (Å²) in [5.41, 5.74) is 2.03. The number of carbonyl (C=O) groups excluding carboxylic acids is 1. The van der Waals surface area contributed by atoms with Gasteiger partial charge in [0.1, 0.15) is 16.5 Å². The van der Waals surface area contributed by atoms with Gasteiger partial charge >= 0.3 is 0 Å². The number of furan rings is 2. The van der Waals surface area contributed by atoms with Crippen LogP contribution in [0, 0.1) is 11.3 Å². The summed E-state index contributed by atoms with van der Waals surface area (Å²) < 4.78 is 11.4. The molecule has 4 aromatic rings. The lowest BCUT2D eigenvalue weighted by Crippen LogP contribution is -2.28. The third-order valence-electron chi connectivity index (χ3n) is 6.65. The van der Waals surface area contributed by atoms with Crippen LogP contribution in [0.15, 0.2) is 78.6 Å². The first-order valence-corrected chi connectivity index (χ1v) is 14.3. The lowest BCUT2D eigenvalue weighted by Gasteiger charge is -2.33. The van der Waals surface area contributed by atoms with Gasteiger partial charge in [0.15, 0.2) is 5.09 Å². The molecule has 1 aliphatic rings. The Kier molecular flexibility index (Phi) is 7.65. The molecule has 1 amide bonds. The zero-order valence-electron chi connectivity index (χ0n) is 21.0. The van der Waals surface area contributed by atoms with Crippen molar-refractivity contribution in [2.45, 2.75) is 56.6 Å². The molecule has 0 fully saturated rings. The highest BCUT2D eigenvalue weighted by Crippen LogP contribution is 2.45. The molecule has 0 saturated heterocycles. The number of halogens is 1. The molecule has 0 spiro atoms. The van der Waals surface area contributed by atoms with Gasteiger partial charge in [-0.3, -0.25) is 4.79 Å². The number of benzene rings is 1. The highest BCUT2D eigenvalue weighted by atomic mass is 35.5. The fourth-order valence-corrected chi connectivity index (χ4v) is 6.68. The van der Waals surface area contributed by atoms with Gasteiger partial charge in [0.05, 0.1) is 24.6 Å². The quantitative estimate of drug-likeness (QED) is 0.233. The Balaban J connectivity index is 1.38. The first kappa shape index (κ1) is 25.9. The summed E-state index contributed by atoms with van der Waals surface area (Å²) in [4.78, 5) is 20.4. The number of thiophene rings is 1. The normalized spacial score (nSPS) is 15.7. The topological polar surface area (TPSA) is 67.7 Å². The van der Waals surface area contributed by atoms with E-state index in [2.05, 4.69) is 26.1 Å². The smallest absolute Gasteiger partial charge is 0.255 e. The predicted octanol–water partition coefficient (Wildman–Crippen LogP) is 8.57. The molecule has 0 unspecified atom stereocenters. The number of rotatable bonds is 7. The van der Waals surface area contributed by atoms with Crippen LogP contribution >= 0.6 is 34.7 Å². The molecule has 1 aromatic carbocycles. The second-order valence-electron chi connectivity index (χ2n) is 10.2. The maximum absolute atomic E-state index is 13.4. The average Bonchev–Trinajstić information content (AvgIpc) is 3.61. The fourth-order valence-electron chi connectivity index (χ4n) is 4.50. The molecule has 5 rings (SSSR count). The van der Waals surface area contributed by atoms with Gasteiger partial charge < -0.3 is 14.2 Å². The number of amides is 1. The van der Waals surface area contributed by atoms with Gasteiger partial charge in [0.2, 0.25) is 0 Å². The number of hydrogen-bond acceptors (Lipinski definition) is 6. The Labute approximate surface area is 230 Å². The summed E-state index contributed by atoms with van der Waals surface area (Å²) in [6, 6.07) is 15.1. The van der Waals surface area contributed by atoms with Crippen molar-refractivity contribution in [2.24, 2.45) is 16.3 Å². The molecule has 1 aliphatic carbocycles. The van der Waals surface area contributed by atoms with E-state index in [0.29, 0.717) is 28.8 Å². The van der Waals surface area contributed by atoms with Crippen LogP contribution in [0.5, 0.6) is 0 Å². The van der Waals surface area contributed by atoms with Crippen LogP contribution in [0.2, 0.25) is 5.02 Å². The molecule has 0 aliphatic heterocycles. The second-order valence-corrected chi connectivity index (χ2v) is 12.8. The minimum absolute atomic E-state index is 0.117. The minimum Gasteiger partial charge on any atom is -0.467 e. The van der Waals surface area contributed by atoms with Crippen molar-refractivity contribution in [3.63, 3.8) is 0 Å². The number of hydrogen-bond donors (Lipinski definition) is 1. The Morgan fingerprint density at radius 1 is 1.22 bits per heavy atom. The molecule has 192 valence electrons. The number of nitrogens with one attached hydrogen (secondary N) is 1. The standard InChI is InChI=1S/C29H29ClN2O3S2/c1-29(2,3)18-6-12-23-24(15-18)37-28(26(23)27(33)31-16-20-5-4-14-34-20)32-17-21-9-13-25(35-21)36-22-10-7-19(30)8-11-22/h4-5,7-11,13-14,17-18H,6,12,15-16H2,1-3H3,(H,31,33)/t18-/m1/s1. The fraction of sp³-hybridized carbons (Fsp3) is 0.310. The molecule has 8 heteroatoms. The molecule has 1 N–H and O–H groups in total. The van der Waals surface area contributed by atoms with Crippen LogP contribution in [0.3, 0.4) is 0 Å². The molecule has 37 heavy (non-hydrogen) atoms. The third kappa shape index (κ3) is 6.22. The molecule has 0 saturated carbocycles. The lowest BCUT2D eigenvalue weighted by atomic mass is 9.72. The maximum Gasteiger partial charge on any atom is 0.255 e. The first-order valence-electron chi connectivity index (χ1n) is 12.3. The van der Waals surface area contributed by atoms with Crippen molar-refractivity contribution >= 4 is 51.8 Å². The van der Waals surface area contributed by atoms with Crippen LogP contribution in [-0.2, 0) is 19.4 Å². The molecule has 0 bridgehead atoms. The molecule has 3 heterocycles. The minimum atomic E-state index is -0.117. The highest BCUT2D eigenvalue weighted by molar-refractivity contribution is 7.99. The van der Waals surface area contributed by atoms with Crippen molar-refractivity contribution in [2.75, 3.05) is 0 Å².